The summed E-state index contributed by atoms with van der Waals surface area (Å²) >= 11 is 0. The number of hydrogen-bond donors (Lipinski definition) is 2. The number of nitrogens with one attached hydrogen (secondary N) is 1. The van der Waals surface area contributed by atoms with E-state index in [9.17, 15) is 0 Å². The Labute approximate surface area is 172 Å². The first kappa shape index (κ1) is 19.2. The van der Waals surface area contributed by atoms with E-state index in [0.29, 0.717) is 0 Å². The Balaban J connectivity index is 1.94. The van der Waals surface area contributed by atoms with Crippen molar-refractivity contribution >= 4 is 0 Å². The number of aromatic nitrogens is 2. The van der Waals surface area contributed by atoms with Gasteiger partial charge < -0.3 is 10.1 Å². The van der Waals surface area contributed by atoms with Gasteiger partial charge in [-0.1, -0.05) is 91.0 Å². The summed E-state index contributed by atoms with van der Waals surface area (Å²) in [5, 5.41) is 9.10. The molecule has 1 aromatic heterocycles. The molecule has 0 saturated carbocycles. The van der Waals surface area contributed by atoms with E-state index in [4.69, 9.17) is 10.1 Å². The van der Waals surface area contributed by atoms with Crippen molar-refractivity contribution in [2.24, 2.45) is 0 Å². The van der Waals surface area contributed by atoms with Crippen LogP contribution in [0.2, 0.25) is 0 Å². The largest absolute Gasteiger partial charge is 0.396 e. The number of aromatic amines is 1. The summed E-state index contributed by atoms with van der Waals surface area (Å²) in [4.78, 5) is 8.49. The van der Waals surface area contributed by atoms with Crippen LogP contribution in [-0.2, 0) is 11.8 Å². The van der Waals surface area contributed by atoms with Crippen molar-refractivity contribution in [1.82, 2.24) is 9.97 Å². The van der Waals surface area contributed by atoms with Gasteiger partial charge in [0, 0.05) is 18.5 Å². The van der Waals surface area contributed by atoms with Crippen molar-refractivity contribution in [3.63, 3.8) is 0 Å². The van der Waals surface area contributed by atoms with E-state index in [0.717, 1.165) is 30.8 Å². The second-order valence-corrected chi connectivity index (χ2v) is 7.29. The fourth-order valence-electron chi connectivity index (χ4n) is 4.08. The summed E-state index contributed by atoms with van der Waals surface area (Å²) in [6.07, 6.45) is 4.56. The second-order valence-electron chi connectivity index (χ2n) is 7.29. The fraction of sp³-hybridized carbons (Fsp3) is 0.192. The minimum absolute atomic E-state index is 0.225. The molecule has 0 atom stereocenters. The summed E-state index contributed by atoms with van der Waals surface area (Å²) in [5.41, 5.74) is 4.09. The number of hydrogen-bond acceptors (Lipinski definition) is 2. The van der Waals surface area contributed by atoms with Gasteiger partial charge in [0.15, 0.2) is 0 Å². The summed E-state index contributed by atoms with van der Waals surface area (Å²) < 4.78 is 0. The Morgan fingerprint density at radius 3 is 1.62 bits per heavy atom. The molecule has 0 saturated heterocycles. The maximum Gasteiger partial charge on any atom is 0.125 e. The van der Waals surface area contributed by atoms with Crippen molar-refractivity contribution in [2.75, 3.05) is 6.61 Å². The van der Waals surface area contributed by atoms with Crippen molar-refractivity contribution in [3.8, 4) is 0 Å². The molecular formula is C26H26N2O. The first-order chi connectivity index (χ1) is 14.4. The number of unbranched alkanes of at least 4 members (excludes halogenated alkanes) is 1. The van der Waals surface area contributed by atoms with Gasteiger partial charge >= 0.3 is 0 Å². The minimum atomic E-state index is -0.529. The maximum absolute atomic E-state index is 9.10. The van der Waals surface area contributed by atoms with Gasteiger partial charge in [0.1, 0.15) is 11.2 Å². The smallest absolute Gasteiger partial charge is 0.125 e. The number of aryl methyl sites for hydroxylation is 1. The first-order valence-electron chi connectivity index (χ1n) is 10.2. The Morgan fingerprint density at radius 2 is 1.17 bits per heavy atom. The Morgan fingerprint density at radius 1 is 0.690 bits per heavy atom. The quantitative estimate of drug-likeness (QED) is 0.329. The SMILES string of the molecule is OCCCCc1cnc(C(c2ccccc2)(c2ccccc2)c2ccccc2)[nH]1. The first-order valence-corrected chi connectivity index (χ1v) is 10.2. The van der Waals surface area contributed by atoms with Gasteiger partial charge in [-0.2, -0.15) is 0 Å². The highest BCUT2D eigenvalue weighted by Crippen LogP contribution is 2.43. The number of rotatable bonds is 8. The lowest BCUT2D eigenvalue weighted by Gasteiger charge is -2.34. The number of imidazole rings is 1. The molecule has 3 aromatic carbocycles. The lowest BCUT2D eigenvalue weighted by atomic mass is 9.69. The average Bonchev–Trinajstić information content (AvgIpc) is 3.26. The molecule has 0 unspecified atom stereocenters. The molecule has 0 amide bonds. The van der Waals surface area contributed by atoms with Gasteiger partial charge in [-0.15, -0.1) is 0 Å². The molecule has 0 aliphatic carbocycles. The third-order valence-electron chi connectivity index (χ3n) is 5.46. The summed E-state index contributed by atoms with van der Waals surface area (Å²) in [7, 11) is 0. The van der Waals surface area contributed by atoms with Gasteiger partial charge in [0.05, 0.1) is 0 Å². The van der Waals surface area contributed by atoms with E-state index in [1.807, 2.05) is 24.4 Å². The summed E-state index contributed by atoms with van der Waals surface area (Å²) in [6.45, 7) is 0.225. The highest BCUT2D eigenvalue weighted by atomic mass is 16.2. The van der Waals surface area contributed by atoms with Gasteiger partial charge in [-0.3, -0.25) is 0 Å². The maximum atomic E-state index is 9.10. The monoisotopic (exact) mass is 382 g/mol. The van der Waals surface area contributed by atoms with Crippen molar-refractivity contribution in [2.45, 2.75) is 24.7 Å². The Bertz CT molecular complexity index is 914. The normalized spacial score (nSPS) is 11.5. The van der Waals surface area contributed by atoms with E-state index in [1.54, 1.807) is 0 Å². The van der Waals surface area contributed by atoms with Crippen LogP contribution < -0.4 is 0 Å². The molecular weight excluding hydrogens is 356 g/mol. The van der Waals surface area contributed by atoms with Crippen LogP contribution in [0.1, 0.15) is 41.1 Å². The summed E-state index contributed by atoms with van der Waals surface area (Å²) in [5.74, 6) is 0.917. The topological polar surface area (TPSA) is 48.9 Å². The van der Waals surface area contributed by atoms with Crippen molar-refractivity contribution in [1.29, 1.82) is 0 Å². The molecule has 3 nitrogen and oxygen atoms in total. The predicted octanol–water partition coefficient (Wildman–Crippen LogP) is 5.11. The zero-order chi connectivity index (χ0) is 19.9. The third kappa shape index (κ3) is 3.74. The zero-order valence-electron chi connectivity index (χ0n) is 16.5. The average molecular weight is 383 g/mol. The fourth-order valence-corrected chi connectivity index (χ4v) is 4.08. The molecule has 0 bridgehead atoms. The van der Waals surface area contributed by atoms with E-state index < -0.39 is 5.41 Å². The number of aliphatic hydroxyl groups is 1. The van der Waals surface area contributed by atoms with Gasteiger partial charge in [0.25, 0.3) is 0 Å². The number of benzene rings is 3. The van der Waals surface area contributed by atoms with Crippen molar-refractivity contribution < 1.29 is 5.11 Å². The molecule has 0 fully saturated rings. The van der Waals surface area contributed by atoms with Crippen LogP contribution in [0.15, 0.2) is 97.2 Å². The molecule has 0 aliphatic heterocycles. The van der Waals surface area contributed by atoms with Crippen molar-refractivity contribution in [3.05, 3.63) is 125 Å². The Hall–Kier alpha value is -3.17. The molecule has 0 aliphatic rings. The second kappa shape index (κ2) is 8.89. The lowest BCUT2D eigenvalue weighted by molar-refractivity contribution is 0.284. The van der Waals surface area contributed by atoms with Crippen LogP contribution in [0.5, 0.6) is 0 Å². The molecule has 1 heterocycles. The molecule has 146 valence electrons. The number of aliphatic hydroxyl groups excluding tert-OH is 1. The molecule has 0 spiro atoms. The highest BCUT2D eigenvalue weighted by molar-refractivity contribution is 5.56. The standard InChI is InChI=1S/C26H26N2O/c29-19-11-10-18-24-20-27-25(28-24)26(21-12-4-1-5-13-21,22-14-6-2-7-15-22)23-16-8-3-9-17-23/h1-9,12-17,20,29H,10-11,18-19H2,(H,27,28). The number of nitrogens with zero attached hydrogens (tertiary/aromatic N) is 1. The van der Waals surface area contributed by atoms with Crippen LogP contribution in [0, 0.1) is 0 Å². The van der Waals surface area contributed by atoms with Crippen LogP contribution in [0.4, 0.5) is 0 Å². The molecule has 2 N–H and O–H groups in total. The molecule has 4 rings (SSSR count). The molecule has 4 aromatic rings. The highest BCUT2D eigenvalue weighted by Gasteiger charge is 2.40. The van der Waals surface area contributed by atoms with Crippen LogP contribution in [0.3, 0.4) is 0 Å². The number of H-pyrrole nitrogens is 1. The molecule has 3 heteroatoms. The minimum Gasteiger partial charge on any atom is -0.396 e. The Kier molecular flexibility index (Phi) is 5.87. The van der Waals surface area contributed by atoms with E-state index in [1.165, 1.54) is 16.7 Å². The van der Waals surface area contributed by atoms with Gasteiger partial charge in [-0.25, -0.2) is 4.98 Å². The summed E-state index contributed by atoms with van der Waals surface area (Å²) in [6, 6.07) is 31.7. The van der Waals surface area contributed by atoms with Crippen LogP contribution >= 0.6 is 0 Å². The lowest BCUT2D eigenvalue weighted by Crippen LogP contribution is -2.32. The zero-order valence-corrected chi connectivity index (χ0v) is 16.5. The van der Waals surface area contributed by atoms with E-state index in [2.05, 4.69) is 77.8 Å². The molecule has 0 radical (unpaired) electrons. The molecule has 29 heavy (non-hydrogen) atoms. The van der Waals surface area contributed by atoms with E-state index in [-0.39, 0.29) is 6.61 Å². The van der Waals surface area contributed by atoms with Gasteiger partial charge in [0.2, 0.25) is 0 Å². The van der Waals surface area contributed by atoms with E-state index >= 15 is 0 Å². The predicted molar refractivity (Wildman–Crippen MR) is 117 cm³/mol. The van der Waals surface area contributed by atoms with Crippen LogP contribution in [0.25, 0.3) is 0 Å². The van der Waals surface area contributed by atoms with Gasteiger partial charge in [-0.05, 0) is 36.0 Å². The third-order valence-corrected chi connectivity index (χ3v) is 5.46. The van der Waals surface area contributed by atoms with Crippen LogP contribution in [-0.4, -0.2) is 21.7 Å².